The van der Waals surface area contributed by atoms with Crippen molar-refractivity contribution < 1.29 is 6.16 Å². The lowest BCUT2D eigenvalue weighted by molar-refractivity contribution is 0.296. The number of aromatic nitrogens is 2. The number of aromatic amines is 1. The van der Waals surface area contributed by atoms with Crippen LogP contribution in [-0.2, 0) is 4.74 Å². The van der Waals surface area contributed by atoms with Gasteiger partial charge in [-0.3, -0.25) is 5.10 Å². The molecule has 1 aromatic rings. The maximum Gasteiger partial charge on any atom is 0.140 e. The fraction of sp³-hybridized carbons (Fsp3) is 0.500. The second-order valence-corrected chi connectivity index (χ2v) is 2.06. The topological polar surface area (TPSA) is 37.9 Å². The van der Waals surface area contributed by atoms with Gasteiger partial charge in [0.15, 0.2) is 0 Å². The highest BCUT2D eigenvalue weighted by Crippen LogP contribution is 2.11. The van der Waals surface area contributed by atoms with Crippen LogP contribution in [0.5, 0.6) is 0 Å². The van der Waals surface area contributed by atoms with Crippen molar-refractivity contribution in [2.45, 2.75) is 27.7 Å². The lowest BCUT2D eigenvalue weighted by atomic mass is 10.3. The van der Waals surface area contributed by atoms with E-state index < -0.39 is 0 Å². The van der Waals surface area contributed by atoms with Crippen LogP contribution in [0.4, 0.5) is 0 Å². The zero-order valence-electron chi connectivity index (χ0n) is 8.79. The Morgan fingerprint density at radius 1 is 1.69 bits per heavy atom. The first kappa shape index (κ1) is 11.8. The summed E-state index contributed by atoms with van der Waals surface area (Å²) in [5.74, 6) is 0.852. The van der Waals surface area contributed by atoms with Crippen LogP contribution in [0.25, 0.3) is 5.76 Å². The number of nitrogens with zero attached hydrogens (tertiary/aromatic N) is 1. The lowest BCUT2D eigenvalue weighted by Gasteiger charge is -2.03. The van der Waals surface area contributed by atoms with Crippen molar-refractivity contribution in [2.24, 2.45) is 0 Å². The van der Waals surface area contributed by atoms with Gasteiger partial charge >= 0.3 is 0 Å². The average molecular weight is 184 g/mol. The van der Waals surface area contributed by atoms with E-state index in [1.165, 1.54) is 0 Å². The monoisotopic (exact) mass is 184 g/mol. The summed E-state index contributed by atoms with van der Waals surface area (Å²) in [7, 11) is 0. The van der Waals surface area contributed by atoms with Crippen LogP contribution >= 0.6 is 0 Å². The Hall–Kier alpha value is -1.25. The van der Waals surface area contributed by atoms with Gasteiger partial charge in [-0.1, -0.05) is 13.8 Å². The molecule has 0 spiro atoms. The van der Waals surface area contributed by atoms with Gasteiger partial charge in [0.1, 0.15) is 5.76 Å². The minimum Gasteiger partial charge on any atom is -0.492 e. The molecule has 1 N–H and O–H groups in total. The second kappa shape index (κ2) is 7.40. The summed E-state index contributed by atoms with van der Waals surface area (Å²) in [4.78, 5) is 0. The molecule has 0 amide bonds. The number of ether oxygens (including phenoxy) is 1. The van der Waals surface area contributed by atoms with Crippen molar-refractivity contribution in [1.82, 2.24) is 10.2 Å². The van der Waals surface area contributed by atoms with Crippen LogP contribution < -0.4 is 0 Å². The minimum atomic E-state index is 0. The first-order chi connectivity index (χ1) is 6.38. The molecule has 76 valence electrons. The molecule has 0 aromatic carbocycles. The highest BCUT2D eigenvalue weighted by molar-refractivity contribution is 5.54. The van der Waals surface area contributed by atoms with Crippen LogP contribution in [0.15, 0.2) is 18.3 Å². The van der Waals surface area contributed by atoms with E-state index in [9.17, 15) is 0 Å². The molecular formula is C10H20N2O. The van der Waals surface area contributed by atoms with E-state index in [0.717, 1.165) is 11.5 Å². The number of H-pyrrole nitrogens is 1. The minimum absolute atomic E-state index is 0. The number of nitrogens with one attached hydrogen (secondary N) is 1. The van der Waals surface area contributed by atoms with Gasteiger partial charge in [0.25, 0.3) is 0 Å². The van der Waals surface area contributed by atoms with Crippen molar-refractivity contribution in [3.63, 3.8) is 0 Å². The summed E-state index contributed by atoms with van der Waals surface area (Å²) in [5, 5.41) is 6.66. The number of rotatable bonds is 3. The van der Waals surface area contributed by atoms with E-state index >= 15 is 0 Å². The Labute approximate surface area is 81.3 Å². The molecule has 0 radical (unpaired) electrons. The molecule has 0 bridgehead atoms. The normalized spacial score (nSPS) is 10.3. The van der Waals surface area contributed by atoms with E-state index in [-0.39, 0.29) is 1.43 Å². The van der Waals surface area contributed by atoms with E-state index in [0.29, 0.717) is 6.61 Å². The zero-order chi connectivity index (χ0) is 10.1. The molecule has 0 aliphatic heterocycles. The molecule has 0 atom stereocenters. The van der Waals surface area contributed by atoms with Gasteiger partial charge in [0.2, 0.25) is 0 Å². The highest BCUT2D eigenvalue weighted by Gasteiger charge is 1.99. The quantitative estimate of drug-likeness (QED) is 0.733. The van der Waals surface area contributed by atoms with E-state index in [1.54, 1.807) is 6.20 Å². The van der Waals surface area contributed by atoms with Gasteiger partial charge < -0.3 is 4.74 Å². The molecule has 0 aliphatic rings. The molecular weight excluding hydrogens is 164 g/mol. The van der Waals surface area contributed by atoms with Crippen LogP contribution in [0.1, 0.15) is 34.8 Å². The van der Waals surface area contributed by atoms with Crippen LogP contribution in [0.3, 0.4) is 0 Å². The van der Waals surface area contributed by atoms with Crippen molar-refractivity contribution in [3.8, 4) is 0 Å². The van der Waals surface area contributed by atoms with Gasteiger partial charge in [-0.25, -0.2) is 0 Å². The smallest absolute Gasteiger partial charge is 0.140 e. The molecule has 0 unspecified atom stereocenters. The molecule has 0 aliphatic carbocycles. The number of hydrogen-bond donors (Lipinski definition) is 1. The van der Waals surface area contributed by atoms with E-state index in [2.05, 4.69) is 10.2 Å². The maximum absolute atomic E-state index is 5.33. The zero-order valence-corrected chi connectivity index (χ0v) is 8.79. The Morgan fingerprint density at radius 2 is 2.38 bits per heavy atom. The molecule has 1 rings (SSSR count). The van der Waals surface area contributed by atoms with Gasteiger partial charge in [0, 0.05) is 7.62 Å². The van der Waals surface area contributed by atoms with Crippen molar-refractivity contribution in [1.29, 1.82) is 0 Å². The van der Waals surface area contributed by atoms with Crippen LogP contribution in [-0.4, -0.2) is 16.8 Å². The summed E-state index contributed by atoms with van der Waals surface area (Å²) in [6, 6.07) is 1.88. The Balaban J connectivity index is 0. The molecule has 1 heterocycles. The summed E-state index contributed by atoms with van der Waals surface area (Å²) >= 11 is 0. The SMILES string of the molecule is C/C=C(\OCC)c1ccn[nH]1.CC.[HH]. The number of allylic oxidation sites excluding steroid dienone is 1. The van der Waals surface area contributed by atoms with Crippen molar-refractivity contribution >= 4 is 5.76 Å². The van der Waals surface area contributed by atoms with Crippen molar-refractivity contribution in [3.05, 3.63) is 24.0 Å². The largest absolute Gasteiger partial charge is 0.492 e. The molecule has 0 saturated carbocycles. The first-order valence-corrected chi connectivity index (χ1v) is 4.67. The Kier molecular flexibility index (Phi) is 6.69. The first-order valence-electron chi connectivity index (χ1n) is 4.67. The Bertz CT molecular complexity index is 232. The van der Waals surface area contributed by atoms with Crippen molar-refractivity contribution in [2.75, 3.05) is 6.61 Å². The predicted octanol–water partition coefficient (Wildman–Crippen LogP) is 3.08. The fourth-order valence-corrected chi connectivity index (χ4v) is 0.865. The highest BCUT2D eigenvalue weighted by atomic mass is 16.5. The fourth-order valence-electron chi connectivity index (χ4n) is 0.865. The third kappa shape index (κ3) is 3.78. The standard InChI is InChI=1S/C8H12N2O.C2H6.H2/c1-3-8(11-4-2)7-5-6-9-10-7;1-2;/h3,5-6H,4H2,1-2H3,(H,9,10);1-2H3;1H/b8-3-;;. The molecule has 3 heteroatoms. The average Bonchev–Trinajstić information content (AvgIpc) is 2.70. The number of hydrogen-bond acceptors (Lipinski definition) is 2. The lowest BCUT2D eigenvalue weighted by Crippen LogP contribution is -1.91. The maximum atomic E-state index is 5.33. The van der Waals surface area contributed by atoms with E-state index in [1.807, 2.05) is 39.8 Å². The third-order valence-electron chi connectivity index (χ3n) is 1.33. The Morgan fingerprint density at radius 3 is 2.77 bits per heavy atom. The summed E-state index contributed by atoms with van der Waals surface area (Å²) in [6.45, 7) is 8.57. The summed E-state index contributed by atoms with van der Waals surface area (Å²) in [5.41, 5.74) is 0.925. The van der Waals surface area contributed by atoms with Crippen LogP contribution in [0.2, 0.25) is 0 Å². The summed E-state index contributed by atoms with van der Waals surface area (Å²) in [6.07, 6.45) is 3.62. The second-order valence-electron chi connectivity index (χ2n) is 2.06. The van der Waals surface area contributed by atoms with Gasteiger partial charge in [0.05, 0.1) is 12.3 Å². The predicted molar refractivity (Wildman–Crippen MR) is 57.3 cm³/mol. The molecule has 0 saturated heterocycles. The van der Waals surface area contributed by atoms with E-state index in [4.69, 9.17) is 4.74 Å². The molecule has 0 fully saturated rings. The van der Waals surface area contributed by atoms with Gasteiger partial charge in [-0.05, 0) is 26.0 Å². The molecule has 13 heavy (non-hydrogen) atoms. The van der Waals surface area contributed by atoms with Gasteiger partial charge in [-0.15, -0.1) is 0 Å². The molecule has 1 aromatic heterocycles. The molecule has 3 nitrogen and oxygen atoms in total. The third-order valence-corrected chi connectivity index (χ3v) is 1.33. The summed E-state index contributed by atoms with van der Waals surface area (Å²) < 4.78 is 5.33. The van der Waals surface area contributed by atoms with Crippen LogP contribution in [0, 0.1) is 0 Å². The van der Waals surface area contributed by atoms with Gasteiger partial charge in [-0.2, -0.15) is 5.10 Å².